The standard InChI is InChI=1S/C12H13N5O2S/c13-8-1-2-11-10(3-8)12(6-15-11)20(18,19)17-5-9-4-14-7-16-9/h1-4,6-7,15,17H,5,13H2,(H,14,16). The monoisotopic (exact) mass is 291 g/mol. The van der Waals surface area contributed by atoms with Crippen LogP contribution in [0.4, 0.5) is 5.69 Å². The third-order valence-corrected chi connectivity index (χ3v) is 4.41. The Bertz CT molecular complexity index is 836. The maximum absolute atomic E-state index is 12.3. The van der Waals surface area contributed by atoms with Crippen LogP contribution >= 0.6 is 0 Å². The molecule has 5 N–H and O–H groups in total. The SMILES string of the molecule is Nc1ccc2[nH]cc(S(=O)(=O)NCc3cnc[nH]3)c2c1. The van der Waals surface area contributed by atoms with Gasteiger partial charge in [-0.3, -0.25) is 0 Å². The number of imidazole rings is 1. The number of nitrogen functional groups attached to an aromatic ring is 1. The van der Waals surface area contributed by atoms with E-state index in [0.717, 1.165) is 5.52 Å². The van der Waals surface area contributed by atoms with Gasteiger partial charge in [-0.2, -0.15) is 0 Å². The molecule has 0 aliphatic heterocycles. The van der Waals surface area contributed by atoms with Gasteiger partial charge in [0.1, 0.15) is 4.90 Å². The number of nitrogens with two attached hydrogens (primary N) is 1. The van der Waals surface area contributed by atoms with Crippen LogP contribution in [-0.2, 0) is 16.6 Å². The summed E-state index contributed by atoms with van der Waals surface area (Å²) in [6.07, 6.45) is 4.52. The molecule has 0 unspecified atom stereocenters. The summed E-state index contributed by atoms with van der Waals surface area (Å²) in [6.45, 7) is 0.150. The van der Waals surface area contributed by atoms with E-state index in [1.54, 1.807) is 24.4 Å². The number of rotatable bonds is 4. The Morgan fingerprint density at radius 3 is 2.90 bits per heavy atom. The van der Waals surface area contributed by atoms with E-state index >= 15 is 0 Å². The van der Waals surface area contributed by atoms with Crippen LogP contribution in [0.25, 0.3) is 10.9 Å². The van der Waals surface area contributed by atoms with E-state index < -0.39 is 10.0 Å². The van der Waals surface area contributed by atoms with Crippen molar-refractivity contribution < 1.29 is 8.42 Å². The Labute approximate surface area is 115 Å². The molecule has 20 heavy (non-hydrogen) atoms. The zero-order valence-electron chi connectivity index (χ0n) is 10.4. The Hall–Kier alpha value is -2.32. The molecule has 0 radical (unpaired) electrons. The van der Waals surface area contributed by atoms with Gasteiger partial charge in [-0.1, -0.05) is 0 Å². The molecule has 0 saturated carbocycles. The van der Waals surface area contributed by atoms with Crippen molar-refractivity contribution in [3.8, 4) is 0 Å². The highest BCUT2D eigenvalue weighted by Crippen LogP contribution is 2.24. The maximum Gasteiger partial charge on any atom is 0.243 e. The normalized spacial score (nSPS) is 12.0. The van der Waals surface area contributed by atoms with Gasteiger partial charge in [0, 0.05) is 34.7 Å². The van der Waals surface area contributed by atoms with Gasteiger partial charge in [-0.15, -0.1) is 0 Å². The van der Waals surface area contributed by atoms with Gasteiger partial charge in [0.25, 0.3) is 0 Å². The number of fused-ring (bicyclic) bond motifs is 1. The van der Waals surface area contributed by atoms with Crippen molar-refractivity contribution in [1.29, 1.82) is 0 Å². The molecule has 0 aliphatic rings. The number of nitrogens with zero attached hydrogens (tertiary/aromatic N) is 1. The third kappa shape index (κ3) is 2.26. The van der Waals surface area contributed by atoms with Crippen LogP contribution in [0.5, 0.6) is 0 Å². The lowest BCUT2D eigenvalue weighted by Gasteiger charge is -2.04. The summed E-state index contributed by atoms with van der Waals surface area (Å²) in [5, 5.41) is 0.571. The highest BCUT2D eigenvalue weighted by atomic mass is 32.2. The second kappa shape index (κ2) is 4.66. The number of benzene rings is 1. The minimum Gasteiger partial charge on any atom is -0.399 e. The summed E-state index contributed by atoms with van der Waals surface area (Å²) in [6, 6.07) is 5.10. The lowest BCUT2D eigenvalue weighted by Crippen LogP contribution is -2.23. The Morgan fingerprint density at radius 1 is 1.30 bits per heavy atom. The van der Waals surface area contributed by atoms with Crippen LogP contribution in [0.3, 0.4) is 0 Å². The van der Waals surface area contributed by atoms with Crippen molar-refractivity contribution in [2.75, 3.05) is 5.73 Å². The summed E-state index contributed by atoms with van der Waals surface area (Å²) in [5.41, 5.74) is 7.63. The summed E-state index contributed by atoms with van der Waals surface area (Å²) < 4.78 is 27.1. The van der Waals surface area contributed by atoms with E-state index in [1.165, 1.54) is 12.5 Å². The number of H-pyrrole nitrogens is 2. The van der Waals surface area contributed by atoms with E-state index in [1.807, 2.05) is 0 Å². The van der Waals surface area contributed by atoms with Gasteiger partial charge in [-0.25, -0.2) is 18.1 Å². The van der Waals surface area contributed by atoms with Crippen molar-refractivity contribution in [3.05, 3.63) is 42.6 Å². The number of hydrogen-bond acceptors (Lipinski definition) is 4. The molecule has 0 saturated heterocycles. The molecule has 2 aromatic heterocycles. The molecule has 104 valence electrons. The van der Waals surface area contributed by atoms with Crippen molar-refractivity contribution in [1.82, 2.24) is 19.7 Å². The van der Waals surface area contributed by atoms with Crippen LogP contribution in [0, 0.1) is 0 Å². The van der Waals surface area contributed by atoms with Crippen LogP contribution < -0.4 is 10.5 Å². The number of hydrogen-bond donors (Lipinski definition) is 4. The first-order chi connectivity index (χ1) is 9.56. The number of anilines is 1. The molecule has 0 bridgehead atoms. The molecule has 0 amide bonds. The fourth-order valence-electron chi connectivity index (χ4n) is 1.97. The largest absolute Gasteiger partial charge is 0.399 e. The number of aromatic amines is 2. The Balaban J connectivity index is 1.94. The van der Waals surface area contributed by atoms with E-state index in [4.69, 9.17) is 5.73 Å². The van der Waals surface area contributed by atoms with Gasteiger partial charge >= 0.3 is 0 Å². The first-order valence-corrected chi connectivity index (χ1v) is 7.38. The average molecular weight is 291 g/mol. The zero-order valence-corrected chi connectivity index (χ0v) is 11.2. The second-order valence-corrected chi connectivity index (χ2v) is 6.09. The predicted molar refractivity (Wildman–Crippen MR) is 75.3 cm³/mol. The molecule has 1 aromatic carbocycles. The van der Waals surface area contributed by atoms with Crippen molar-refractivity contribution in [2.24, 2.45) is 0 Å². The zero-order chi connectivity index (χ0) is 14.2. The molecule has 3 rings (SSSR count). The molecule has 8 heteroatoms. The highest BCUT2D eigenvalue weighted by Gasteiger charge is 2.18. The molecular formula is C12H13N5O2S. The molecular weight excluding hydrogens is 278 g/mol. The summed E-state index contributed by atoms with van der Waals surface area (Å²) >= 11 is 0. The van der Waals surface area contributed by atoms with Crippen LogP contribution in [0.15, 0.2) is 41.8 Å². The average Bonchev–Trinajstić information content (AvgIpc) is 3.05. The van der Waals surface area contributed by atoms with E-state index in [-0.39, 0.29) is 11.4 Å². The van der Waals surface area contributed by atoms with E-state index in [0.29, 0.717) is 16.8 Å². The van der Waals surface area contributed by atoms with Crippen LogP contribution in [0.2, 0.25) is 0 Å². The van der Waals surface area contributed by atoms with Crippen molar-refractivity contribution in [3.63, 3.8) is 0 Å². The first-order valence-electron chi connectivity index (χ1n) is 5.90. The minimum atomic E-state index is -3.62. The van der Waals surface area contributed by atoms with Crippen LogP contribution in [0.1, 0.15) is 5.69 Å². The lowest BCUT2D eigenvalue weighted by molar-refractivity contribution is 0.581. The second-order valence-electron chi connectivity index (χ2n) is 4.36. The van der Waals surface area contributed by atoms with Crippen molar-refractivity contribution in [2.45, 2.75) is 11.4 Å². The molecule has 0 fully saturated rings. The highest BCUT2D eigenvalue weighted by molar-refractivity contribution is 7.89. The smallest absolute Gasteiger partial charge is 0.243 e. The Morgan fingerprint density at radius 2 is 2.15 bits per heavy atom. The maximum atomic E-state index is 12.3. The molecule has 0 aliphatic carbocycles. The minimum absolute atomic E-state index is 0.150. The number of sulfonamides is 1. The molecule has 7 nitrogen and oxygen atoms in total. The Kier molecular flexibility index (Phi) is 2.96. The van der Waals surface area contributed by atoms with Crippen LogP contribution in [-0.4, -0.2) is 23.4 Å². The summed E-state index contributed by atoms with van der Waals surface area (Å²) in [7, 11) is -3.62. The fourth-order valence-corrected chi connectivity index (χ4v) is 3.14. The fraction of sp³-hybridized carbons (Fsp3) is 0.0833. The predicted octanol–water partition coefficient (Wildman–Crippen LogP) is 0.952. The molecule has 0 spiro atoms. The van der Waals surface area contributed by atoms with E-state index in [2.05, 4.69) is 19.7 Å². The molecule has 2 heterocycles. The van der Waals surface area contributed by atoms with Gasteiger partial charge in [0.05, 0.1) is 12.9 Å². The quantitative estimate of drug-likeness (QED) is 0.535. The van der Waals surface area contributed by atoms with Gasteiger partial charge in [-0.05, 0) is 18.2 Å². The summed E-state index contributed by atoms with van der Waals surface area (Å²) in [4.78, 5) is 9.77. The van der Waals surface area contributed by atoms with Gasteiger partial charge in [0.2, 0.25) is 10.0 Å². The molecule has 0 atom stereocenters. The first kappa shape index (κ1) is 12.7. The van der Waals surface area contributed by atoms with E-state index in [9.17, 15) is 8.42 Å². The van der Waals surface area contributed by atoms with Crippen molar-refractivity contribution >= 4 is 26.6 Å². The number of nitrogens with one attached hydrogen (secondary N) is 3. The van der Waals surface area contributed by atoms with Gasteiger partial charge in [0.15, 0.2) is 0 Å². The molecule has 3 aromatic rings. The lowest BCUT2D eigenvalue weighted by atomic mass is 10.2. The topological polar surface area (TPSA) is 117 Å². The third-order valence-electron chi connectivity index (χ3n) is 2.96. The number of aromatic nitrogens is 3. The van der Waals surface area contributed by atoms with Gasteiger partial charge < -0.3 is 15.7 Å². The summed E-state index contributed by atoms with van der Waals surface area (Å²) in [5.74, 6) is 0.